The number of nitrogens with two attached hydrogens (primary N) is 1. The Hall–Kier alpha value is -10.1. The third kappa shape index (κ3) is 18.1. The summed E-state index contributed by atoms with van der Waals surface area (Å²) < 4.78 is 17.0. The number of hydrogen-bond donors (Lipinski definition) is 3. The Bertz CT molecular complexity index is 4970. The van der Waals surface area contributed by atoms with Crippen molar-refractivity contribution in [2.45, 2.75) is 127 Å². The summed E-state index contributed by atoms with van der Waals surface area (Å²) in [4.78, 5) is 51.1. The van der Waals surface area contributed by atoms with Crippen LogP contribution in [0.25, 0.3) is 55.0 Å². The largest absolute Gasteiger partial charge is 0.498 e. The van der Waals surface area contributed by atoms with Crippen LogP contribution >= 0.6 is 27.5 Å². The van der Waals surface area contributed by atoms with E-state index < -0.39 is 13.0 Å². The van der Waals surface area contributed by atoms with Gasteiger partial charge in [-0.25, -0.2) is 44.9 Å². The lowest BCUT2D eigenvalue weighted by molar-refractivity contribution is 0.00578. The van der Waals surface area contributed by atoms with Gasteiger partial charge in [-0.05, 0) is 142 Å². The van der Waals surface area contributed by atoms with Crippen molar-refractivity contribution in [3.8, 4) is 34.4 Å². The van der Waals surface area contributed by atoms with Crippen LogP contribution in [0.3, 0.4) is 0 Å². The average Bonchev–Trinajstić information content (AvgIpc) is 1.70. The zero-order valence-corrected chi connectivity index (χ0v) is 60.0. The third-order valence-electron chi connectivity index (χ3n) is 17.6. The Labute approximate surface area is 599 Å². The highest BCUT2D eigenvalue weighted by Crippen LogP contribution is 2.40. The Morgan fingerprint density at radius 1 is 0.574 bits per heavy atom. The predicted molar refractivity (Wildman–Crippen MR) is 393 cm³/mol. The average molecular weight is 1430 g/mol. The summed E-state index contributed by atoms with van der Waals surface area (Å²) in [7, 11) is 3.86. The van der Waals surface area contributed by atoms with Crippen molar-refractivity contribution >= 4 is 91.3 Å². The van der Waals surface area contributed by atoms with Gasteiger partial charge in [0.25, 0.3) is 5.91 Å². The maximum absolute atomic E-state index is 11.8. The predicted octanol–water partition coefficient (Wildman–Crippen LogP) is 11.2. The molecule has 101 heavy (non-hydrogen) atoms. The van der Waals surface area contributed by atoms with Crippen LogP contribution in [0, 0.1) is 22.7 Å². The van der Waals surface area contributed by atoms with Crippen LogP contribution in [0.5, 0.6) is 0 Å². The standard InChI is InChI=1S/C22H20N6O.C22H18N6.C11H6BrClN2.C10H17BN2O2.C7H9BN2O2.C2H6/c1-28-12-16(11-26-28)18-8-20(21(23)29)27-19-7-13(2-5-17(18)19)6-14-9-24-22(25-10-14)15-3-4-15;1-28-13-17(12-26-28)20-8-18(9-23)27-21-7-14(2-5-19(20)21)6-15-10-24-22(25-11-15)16-3-4-16;12-5-7-1-2-9-10(13)4-8(6-14)15-11(9)3-7;1-9(2)10(3,4)15-11(14-9)8-6-12-13(5)7-8;11-8(12)6-3-9-7(10-4-6)5-1-2-5;1-2/h2,5,7-12,15H,3-4,6H2,1H3,(H2,23,29);2,5,7-8,10-13,16H,3-4,6H2,1H3;1-4H,5H2;6-7H,1-5H3;3-5,11-12H,1-2H2;1-2H3. The first-order valence-corrected chi connectivity index (χ1v) is 34.8. The number of hydrogen-bond acceptors (Lipinski definition) is 19. The molecule has 16 rings (SSSR count). The summed E-state index contributed by atoms with van der Waals surface area (Å²) in [5, 5.41) is 52.4. The molecule has 1 aliphatic heterocycles. The molecule has 0 spiro atoms. The van der Waals surface area contributed by atoms with E-state index in [1.165, 1.54) is 38.1 Å². The number of aryl methyl sites for hydroxylation is 3. The van der Waals surface area contributed by atoms with Crippen LogP contribution in [0.15, 0.2) is 147 Å². The van der Waals surface area contributed by atoms with Gasteiger partial charge in [0.1, 0.15) is 46.7 Å². The van der Waals surface area contributed by atoms with Crippen molar-refractivity contribution in [1.82, 2.24) is 74.2 Å². The van der Waals surface area contributed by atoms with Crippen LogP contribution in [0.2, 0.25) is 5.02 Å². The Kier molecular flexibility index (Phi) is 22.6. The molecule has 10 heterocycles. The first-order chi connectivity index (χ1) is 48.6. The van der Waals surface area contributed by atoms with E-state index in [0.717, 1.165) is 130 Å². The van der Waals surface area contributed by atoms with Crippen molar-refractivity contribution in [3.63, 3.8) is 0 Å². The maximum Gasteiger partial charge on any atom is 0.498 e. The van der Waals surface area contributed by atoms with E-state index in [9.17, 15) is 10.1 Å². The van der Waals surface area contributed by atoms with Crippen molar-refractivity contribution in [1.29, 1.82) is 10.5 Å². The SMILES string of the molecule is CC.Cn1cc(-c2cc(C#N)nc3cc(Cc4cnc(C5CC5)nc4)ccc23)cn1.Cn1cc(-c2cc(C(N)=O)nc3cc(Cc4cnc(C5CC5)nc4)ccc23)cn1.Cn1cc(B2OC(C)(C)C(C)(C)O2)cn1.N#Cc1cc(Cl)c2ccc(CBr)cc2n1.OB(O)c1cnc(C2CC2)nc1. The number of amides is 1. The second kappa shape index (κ2) is 31.7. The highest BCUT2D eigenvalue weighted by atomic mass is 79.9. The minimum absolute atomic E-state index is 0.241. The van der Waals surface area contributed by atoms with Gasteiger partial charge in [-0.15, -0.1) is 0 Å². The summed E-state index contributed by atoms with van der Waals surface area (Å²) in [6.07, 6.45) is 30.2. The molecule has 23 nitrogen and oxygen atoms in total. The third-order valence-corrected chi connectivity index (χ3v) is 18.5. The quantitative estimate of drug-likeness (QED) is 0.0713. The minimum Gasteiger partial charge on any atom is -0.423 e. The summed E-state index contributed by atoms with van der Waals surface area (Å²) in [5.41, 5.74) is 18.7. The van der Waals surface area contributed by atoms with Gasteiger partial charge in [-0.2, -0.15) is 25.8 Å². The summed E-state index contributed by atoms with van der Waals surface area (Å²) in [6, 6.07) is 27.4. The maximum atomic E-state index is 11.8. The zero-order chi connectivity index (χ0) is 71.7. The molecule has 1 saturated heterocycles. The van der Waals surface area contributed by atoms with Gasteiger partial charge in [0.05, 0.1) is 45.2 Å². The van der Waals surface area contributed by atoms with Gasteiger partial charge < -0.3 is 25.1 Å². The van der Waals surface area contributed by atoms with Crippen molar-refractivity contribution < 1.29 is 24.2 Å². The van der Waals surface area contributed by atoms with Gasteiger partial charge in [0, 0.05) is 157 Å². The molecule has 3 aromatic carbocycles. The molecule has 3 saturated carbocycles. The summed E-state index contributed by atoms with van der Waals surface area (Å²) in [5.74, 6) is 3.80. The number of rotatable bonds is 13. The highest BCUT2D eigenvalue weighted by molar-refractivity contribution is 9.08. The Morgan fingerprint density at radius 3 is 1.40 bits per heavy atom. The number of aromatic nitrogens is 15. The van der Waals surface area contributed by atoms with Gasteiger partial charge in [0.2, 0.25) is 0 Å². The summed E-state index contributed by atoms with van der Waals surface area (Å²) >= 11 is 9.41. The fraction of sp³-hybridized carbons (Fsp3) is 0.311. The van der Waals surface area contributed by atoms with Crippen LogP contribution in [-0.4, -0.2) is 116 Å². The number of halogens is 2. The van der Waals surface area contributed by atoms with Gasteiger partial charge in [-0.3, -0.25) is 18.8 Å². The molecular weight excluding hydrogens is 1360 g/mol. The number of nitrogens with zero attached hydrogens (tertiary/aromatic N) is 17. The molecular formula is C74H76B2BrClN18O5. The van der Waals surface area contributed by atoms with E-state index in [-0.39, 0.29) is 24.0 Å². The van der Waals surface area contributed by atoms with Crippen LogP contribution in [0.4, 0.5) is 0 Å². The molecule has 0 atom stereocenters. The smallest absolute Gasteiger partial charge is 0.423 e. The first-order valence-electron chi connectivity index (χ1n) is 33.3. The topological polar surface area (TPSA) is 319 Å². The van der Waals surface area contributed by atoms with E-state index >= 15 is 0 Å². The molecule has 4 aliphatic rings. The van der Waals surface area contributed by atoms with Gasteiger partial charge in [0.15, 0.2) is 0 Å². The zero-order valence-electron chi connectivity index (χ0n) is 57.7. The van der Waals surface area contributed by atoms with Crippen molar-refractivity contribution in [2.75, 3.05) is 0 Å². The number of primary amides is 1. The van der Waals surface area contributed by atoms with E-state index in [4.69, 9.17) is 42.0 Å². The minimum atomic E-state index is -1.46. The van der Waals surface area contributed by atoms with Crippen molar-refractivity contribution in [3.05, 3.63) is 215 Å². The second-order valence-corrected chi connectivity index (χ2v) is 27.0. The number of benzene rings is 3. The number of fused-ring (bicyclic) bond motifs is 3. The Balaban J connectivity index is 0.000000132. The number of nitriles is 2. The molecule has 4 N–H and O–H groups in total. The van der Waals surface area contributed by atoms with E-state index in [1.807, 2.05) is 161 Å². The van der Waals surface area contributed by atoms with Gasteiger partial charge >= 0.3 is 14.2 Å². The lowest BCUT2D eigenvalue weighted by Gasteiger charge is -2.32. The molecule has 3 aliphatic carbocycles. The number of carbonyl (C=O) groups excluding carboxylic acids is 1. The van der Waals surface area contributed by atoms with E-state index in [0.29, 0.717) is 46.0 Å². The molecule has 1 amide bonds. The number of pyridine rings is 3. The summed E-state index contributed by atoms with van der Waals surface area (Å²) in [6.45, 7) is 12.2. The first kappa shape index (κ1) is 72.2. The lowest BCUT2D eigenvalue weighted by atomic mass is 9.82. The molecule has 512 valence electrons. The molecule has 0 radical (unpaired) electrons. The van der Waals surface area contributed by atoms with Crippen LogP contribution in [0.1, 0.15) is 165 Å². The normalized spacial score (nSPS) is 14.7. The fourth-order valence-corrected chi connectivity index (χ4v) is 11.6. The fourth-order valence-electron chi connectivity index (χ4n) is 11.0. The molecule has 9 aromatic heterocycles. The molecule has 4 fully saturated rings. The van der Waals surface area contributed by atoms with Crippen molar-refractivity contribution in [2.24, 2.45) is 26.9 Å². The molecule has 0 unspecified atom stereocenters. The lowest BCUT2D eigenvalue weighted by Crippen LogP contribution is -2.41. The number of alkyl halides is 1. The monoisotopic (exact) mass is 1430 g/mol. The molecule has 0 bridgehead atoms. The second-order valence-electron chi connectivity index (χ2n) is 26.0. The van der Waals surface area contributed by atoms with E-state index in [1.54, 1.807) is 38.6 Å². The van der Waals surface area contributed by atoms with Crippen LogP contribution in [-0.2, 0) is 48.6 Å². The van der Waals surface area contributed by atoms with Crippen LogP contribution < -0.4 is 16.7 Å². The Morgan fingerprint density at radius 2 is 0.980 bits per heavy atom. The molecule has 12 aromatic rings. The van der Waals surface area contributed by atoms with Gasteiger partial charge in [-0.1, -0.05) is 77.8 Å². The number of carbonyl (C=O) groups is 1. The van der Waals surface area contributed by atoms with E-state index in [2.05, 4.69) is 100 Å². The highest BCUT2D eigenvalue weighted by Gasteiger charge is 2.52. The molecule has 27 heteroatoms.